The normalized spacial score (nSPS) is 24.4. The highest BCUT2D eigenvalue weighted by Crippen LogP contribution is 2.58. The predicted octanol–water partition coefficient (Wildman–Crippen LogP) is 5.42. The van der Waals surface area contributed by atoms with Crippen molar-refractivity contribution in [2.75, 3.05) is 13.1 Å². The third kappa shape index (κ3) is 3.15. The Morgan fingerprint density at radius 1 is 1.08 bits per heavy atom. The van der Waals surface area contributed by atoms with Gasteiger partial charge in [0.2, 0.25) is 5.88 Å². The Kier molecular flexibility index (Phi) is 4.64. The molecule has 3 heterocycles. The minimum absolute atomic E-state index is 0.00922. The molecule has 1 unspecified atom stereocenters. The van der Waals surface area contributed by atoms with Crippen LogP contribution in [0.1, 0.15) is 55.3 Å². The summed E-state index contributed by atoms with van der Waals surface area (Å²) in [7, 11) is 0. The van der Waals surface area contributed by atoms with Crippen LogP contribution in [-0.4, -0.2) is 39.1 Å². The fourth-order valence-electron chi connectivity index (χ4n) is 6.50. The minimum atomic E-state index is -0.585. The molecule has 8 heteroatoms. The number of hydrogen-bond donors (Lipinski definition) is 2. The SMILES string of the molecule is C#Cc1c(F)ccc2cc(O)cc(-c3nc(OC4CCC4)c4c(C5[C@H]6CNC[C@@H]56)nn(C5CC5)c4c3F)c12. The molecule has 2 aromatic carbocycles. The zero-order valence-electron chi connectivity index (χ0n) is 20.7. The molecule has 4 fully saturated rings. The molecule has 6 nitrogen and oxygen atoms in total. The van der Waals surface area contributed by atoms with Gasteiger partial charge in [0, 0.05) is 16.9 Å². The maximum Gasteiger partial charge on any atom is 0.225 e. The van der Waals surface area contributed by atoms with E-state index in [1.54, 1.807) is 0 Å². The van der Waals surface area contributed by atoms with E-state index in [0.717, 1.165) is 50.9 Å². The maximum atomic E-state index is 16.8. The molecular weight excluding hydrogens is 486 g/mol. The molecule has 3 saturated carbocycles. The number of aromatic nitrogens is 3. The summed E-state index contributed by atoms with van der Waals surface area (Å²) in [5.41, 5.74) is 1.50. The van der Waals surface area contributed by atoms with E-state index in [-0.39, 0.29) is 40.6 Å². The second kappa shape index (κ2) is 7.90. The van der Waals surface area contributed by atoms with E-state index in [2.05, 4.69) is 11.2 Å². The standard InChI is InChI=1S/C30H26F2N4O2/c1-2-18-22(31)9-6-14-10-16(37)11-19(23(14)18)27-26(32)29-25(30(34-27)38-17-4-3-5-17)28(35-36(29)15-7-8-15)24-20-12-33-13-21(20)24/h1,6,9-11,15,17,20-21,24,33,37H,3-5,7-8,12-13H2/t20-,21+,24?. The van der Waals surface area contributed by atoms with Gasteiger partial charge in [-0.3, -0.25) is 4.68 Å². The van der Waals surface area contributed by atoms with E-state index in [9.17, 15) is 9.50 Å². The van der Waals surface area contributed by atoms with Crippen LogP contribution in [0.2, 0.25) is 0 Å². The molecule has 2 aromatic heterocycles. The Balaban J connectivity index is 1.43. The number of fused-ring (bicyclic) bond motifs is 3. The van der Waals surface area contributed by atoms with Gasteiger partial charge >= 0.3 is 0 Å². The van der Waals surface area contributed by atoms with Gasteiger partial charge in [-0.25, -0.2) is 13.8 Å². The minimum Gasteiger partial charge on any atom is -0.508 e. The lowest BCUT2D eigenvalue weighted by molar-refractivity contribution is 0.116. The van der Waals surface area contributed by atoms with Gasteiger partial charge in [0.25, 0.3) is 0 Å². The first-order valence-corrected chi connectivity index (χ1v) is 13.4. The van der Waals surface area contributed by atoms with Crippen molar-refractivity contribution >= 4 is 21.7 Å². The van der Waals surface area contributed by atoms with Gasteiger partial charge in [-0.1, -0.05) is 12.0 Å². The number of hydrogen-bond acceptors (Lipinski definition) is 5. The summed E-state index contributed by atoms with van der Waals surface area (Å²) < 4.78 is 39.8. The number of aromatic hydroxyl groups is 1. The van der Waals surface area contributed by atoms with E-state index in [0.29, 0.717) is 39.4 Å². The van der Waals surface area contributed by atoms with Gasteiger partial charge in [-0.05, 0) is 80.6 Å². The predicted molar refractivity (Wildman–Crippen MR) is 139 cm³/mol. The first-order valence-electron chi connectivity index (χ1n) is 13.4. The Hall–Kier alpha value is -3.70. The molecule has 4 aromatic rings. The zero-order valence-corrected chi connectivity index (χ0v) is 20.7. The van der Waals surface area contributed by atoms with Crippen LogP contribution in [-0.2, 0) is 0 Å². The molecule has 3 atom stereocenters. The topological polar surface area (TPSA) is 72.2 Å². The van der Waals surface area contributed by atoms with Crippen molar-refractivity contribution in [2.24, 2.45) is 11.8 Å². The van der Waals surface area contributed by atoms with Gasteiger partial charge in [0.1, 0.15) is 28.9 Å². The van der Waals surface area contributed by atoms with Crippen molar-refractivity contribution in [2.45, 2.75) is 50.2 Å². The largest absolute Gasteiger partial charge is 0.508 e. The third-order valence-electron chi connectivity index (χ3n) is 8.86. The van der Waals surface area contributed by atoms with Crippen LogP contribution in [0.25, 0.3) is 32.9 Å². The van der Waals surface area contributed by atoms with Crippen LogP contribution in [0, 0.1) is 35.8 Å². The monoisotopic (exact) mass is 512 g/mol. The molecule has 0 amide bonds. The molecule has 1 saturated heterocycles. The molecule has 2 N–H and O–H groups in total. The quantitative estimate of drug-likeness (QED) is 0.350. The fraction of sp³-hybridized carbons (Fsp3) is 0.400. The fourth-order valence-corrected chi connectivity index (χ4v) is 6.50. The average molecular weight is 513 g/mol. The summed E-state index contributed by atoms with van der Waals surface area (Å²) in [6.45, 7) is 1.88. The van der Waals surface area contributed by atoms with Crippen molar-refractivity contribution in [3.05, 3.63) is 47.2 Å². The molecular formula is C30H26F2N4O2. The van der Waals surface area contributed by atoms with Crippen LogP contribution >= 0.6 is 0 Å². The number of rotatable bonds is 5. The first-order chi connectivity index (χ1) is 18.5. The molecule has 4 aliphatic rings. The summed E-state index contributed by atoms with van der Waals surface area (Å²) in [5.74, 6) is 2.83. The number of pyridine rings is 1. The Morgan fingerprint density at radius 3 is 2.55 bits per heavy atom. The molecule has 192 valence electrons. The van der Waals surface area contributed by atoms with E-state index in [1.807, 2.05) is 4.68 Å². The Bertz CT molecular complexity index is 1690. The molecule has 0 radical (unpaired) electrons. The van der Waals surface area contributed by atoms with Gasteiger partial charge in [-0.15, -0.1) is 6.42 Å². The molecule has 3 aliphatic carbocycles. The van der Waals surface area contributed by atoms with Crippen molar-refractivity contribution < 1.29 is 18.6 Å². The molecule has 1 aliphatic heterocycles. The van der Waals surface area contributed by atoms with Crippen LogP contribution < -0.4 is 10.1 Å². The molecule has 8 rings (SSSR count). The molecule has 0 bridgehead atoms. The third-order valence-corrected chi connectivity index (χ3v) is 8.86. The summed E-state index contributed by atoms with van der Waals surface area (Å²) in [6, 6.07) is 5.82. The highest BCUT2D eigenvalue weighted by Gasteiger charge is 2.56. The van der Waals surface area contributed by atoms with Crippen molar-refractivity contribution in [3.63, 3.8) is 0 Å². The van der Waals surface area contributed by atoms with Gasteiger partial charge < -0.3 is 15.2 Å². The highest BCUT2D eigenvalue weighted by molar-refractivity contribution is 6.03. The zero-order chi connectivity index (χ0) is 25.7. The summed E-state index contributed by atoms with van der Waals surface area (Å²) in [4.78, 5) is 4.78. The van der Waals surface area contributed by atoms with Crippen molar-refractivity contribution in [1.29, 1.82) is 0 Å². The summed E-state index contributed by atoms with van der Waals surface area (Å²) in [5, 5.41) is 20.5. The Labute approximate surface area is 218 Å². The number of ether oxygens (including phenoxy) is 1. The summed E-state index contributed by atoms with van der Waals surface area (Å²) in [6.07, 6.45) is 10.5. The van der Waals surface area contributed by atoms with Crippen LogP contribution in [0.3, 0.4) is 0 Å². The van der Waals surface area contributed by atoms with E-state index in [1.165, 1.54) is 24.3 Å². The number of terminal acetylenes is 1. The highest BCUT2D eigenvalue weighted by atomic mass is 19.1. The number of nitrogens with one attached hydrogen (secondary N) is 1. The molecule has 0 spiro atoms. The average Bonchev–Trinajstić information content (AvgIpc) is 3.76. The lowest BCUT2D eigenvalue weighted by Gasteiger charge is -2.26. The number of phenols is 1. The van der Waals surface area contributed by atoms with E-state index < -0.39 is 11.6 Å². The van der Waals surface area contributed by atoms with Crippen molar-refractivity contribution in [3.8, 4) is 35.2 Å². The number of piperidine rings is 1. The van der Waals surface area contributed by atoms with Crippen LogP contribution in [0.4, 0.5) is 8.78 Å². The lowest BCUT2D eigenvalue weighted by Crippen LogP contribution is -2.25. The Morgan fingerprint density at radius 2 is 1.87 bits per heavy atom. The van der Waals surface area contributed by atoms with E-state index in [4.69, 9.17) is 21.2 Å². The van der Waals surface area contributed by atoms with Crippen LogP contribution in [0.15, 0.2) is 24.3 Å². The van der Waals surface area contributed by atoms with E-state index >= 15 is 4.39 Å². The number of halogens is 2. The van der Waals surface area contributed by atoms with Gasteiger partial charge in [-0.2, -0.15) is 5.10 Å². The number of nitrogens with zero attached hydrogens (tertiary/aromatic N) is 3. The lowest BCUT2D eigenvalue weighted by atomic mass is 9.95. The van der Waals surface area contributed by atoms with Crippen LogP contribution in [0.5, 0.6) is 11.6 Å². The smallest absolute Gasteiger partial charge is 0.225 e. The summed E-state index contributed by atoms with van der Waals surface area (Å²) >= 11 is 0. The number of benzene rings is 2. The maximum absolute atomic E-state index is 16.8. The second-order valence-electron chi connectivity index (χ2n) is 11.2. The van der Waals surface area contributed by atoms with Gasteiger partial charge in [0.05, 0.1) is 22.7 Å². The first kappa shape index (κ1) is 22.3. The van der Waals surface area contributed by atoms with Gasteiger partial charge in [0.15, 0.2) is 5.82 Å². The second-order valence-corrected chi connectivity index (χ2v) is 11.2. The molecule has 38 heavy (non-hydrogen) atoms. The number of phenolic OH excluding ortho intramolecular Hbond substituents is 1. The van der Waals surface area contributed by atoms with Crippen molar-refractivity contribution in [1.82, 2.24) is 20.1 Å².